The Morgan fingerprint density at radius 1 is 1.16 bits per heavy atom. The van der Waals surface area contributed by atoms with Crippen molar-refractivity contribution in [3.8, 4) is 0 Å². The van der Waals surface area contributed by atoms with Crippen LogP contribution in [0.3, 0.4) is 0 Å². The van der Waals surface area contributed by atoms with Gasteiger partial charge in [0.2, 0.25) is 0 Å². The number of imide groups is 1. The van der Waals surface area contributed by atoms with Crippen molar-refractivity contribution in [1.82, 2.24) is 10.6 Å². The van der Waals surface area contributed by atoms with Crippen molar-refractivity contribution in [3.63, 3.8) is 0 Å². The van der Waals surface area contributed by atoms with Crippen LogP contribution in [0, 0.1) is 5.92 Å². The van der Waals surface area contributed by atoms with Crippen LogP contribution in [0.1, 0.15) is 59.8 Å². The standard InChI is InChI=1S/C14H26N2O3/c1-10(11-8-6-5-7-9-11)15-12(17)16-13(18)19-14(2,3)4/h10-11H,5-9H2,1-4H3,(H2,15,16,17,18)/t10-/m0/s1. The van der Waals surface area contributed by atoms with E-state index >= 15 is 0 Å². The Balaban J connectivity index is 2.31. The molecular formula is C14H26N2O3. The van der Waals surface area contributed by atoms with Gasteiger partial charge in [0.1, 0.15) is 5.60 Å². The van der Waals surface area contributed by atoms with Gasteiger partial charge in [-0.1, -0.05) is 19.3 Å². The fraction of sp³-hybridized carbons (Fsp3) is 0.857. The molecule has 0 unspecified atom stereocenters. The van der Waals surface area contributed by atoms with Gasteiger partial charge in [-0.25, -0.2) is 14.9 Å². The molecule has 5 nitrogen and oxygen atoms in total. The summed E-state index contributed by atoms with van der Waals surface area (Å²) in [6.07, 6.45) is 5.32. The number of ether oxygens (including phenoxy) is 1. The number of rotatable bonds is 2. The Morgan fingerprint density at radius 3 is 2.26 bits per heavy atom. The SMILES string of the molecule is C[C@H](NC(=O)NC(=O)OC(C)(C)C)C1CCCCC1. The van der Waals surface area contributed by atoms with Gasteiger partial charge < -0.3 is 10.1 Å². The molecule has 19 heavy (non-hydrogen) atoms. The highest BCUT2D eigenvalue weighted by atomic mass is 16.6. The van der Waals surface area contributed by atoms with Crippen molar-refractivity contribution in [2.75, 3.05) is 0 Å². The van der Waals surface area contributed by atoms with Crippen LogP contribution in [-0.4, -0.2) is 23.8 Å². The van der Waals surface area contributed by atoms with Crippen LogP contribution in [0.4, 0.5) is 9.59 Å². The molecule has 1 saturated carbocycles. The number of nitrogens with one attached hydrogen (secondary N) is 2. The highest BCUT2D eigenvalue weighted by Crippen LogP contribution is 2.26. The number of hydrogen-bond acceptors (Lipinski definition) is 3. The summed E-state index contributed by atoms with van der Waals surface area (Å²) >= 11 is 0. The van der Waals surface area contributed by atoms with E-state index in [4.69, 9.17) is 4.74 Å². The van der Waals surface area contributed by atoms with Gasteiger partial charge in [-0.15, -0.1) is 0 Å². The molecule has 0 bridgehead atoms. The molecule has 0 radical (unpaired) electrons. The maximum Gasteiger partial charge on any atom is 0.415 e. The quantitative estimate of drug-likeness (QED) is 0.809. The van der Waals surface area contributed by atoms with Crippen molar-refractivity contribution in [1.29, 1.82) is 0 Å². The molecule has 1 atom stereocenters. The van der Waals surface area contributed by atoms with Crippen molar-refractivity contribution < 1.29 is 14.3 Å². The van der Waals surface area contributed by atoms with Crippen molar-refractivity contribution >= 4 is 12.1 Å². The predicted molar refractivity (Wildman–Crippen MR) is 73.9 cm³/mol. The van der Waals surface area contributed by atoms with E-state index in [2.05, 4.69) is 10.6 Å². The average molecular weight is 270 g/mol. The third kappa shape index (κ3) is 6.45. The number of carbonyl (C=O) groups excluding carboxylic acids is 2. The molecule has 1 aliphatic carbocycles. The fourth-order valence-corrected chi connectivity index (χ4v) is 2.39. The van der Waals surface area contributed by atoms with Crippen LogP contribution in [0.2, 0.25) is 0 Å². The summed E-state index contributed by atoms with van der Waals surface area (Å²) in [6.45, 7) is 7.27. The van der Waals surface area contributed by atoms with Crippen LogP contribution >= 0.6 is 0 Å². The van der Waals surface area contributed by atoms with Gasteiger partial charge in [0, 0.05) is 6.04 Å². The van der Waals surface area contributed by atoms with Gasteiger partial charge in [0.05, 0.1) is 0 Å². The van der Waals surface area contributed by atoms with E-state index in [0.29, 0.717) is 5.92 Å². The van der Waals surface area contributed by atoms with Crippen molar-refractivity contribution in [3.05, 3.63) is 0 Å². The summed E-state index contributed by atoms with van der Waals surface area (Å²) in [6, 6.07) is -0.393. The van der Waals surface area contributed by atoms with Crippen LogP contribution in [0.15, 0.2) is 0 Å². The first-order chi connectivity index (χ1) is 8.78. The van der Waals surface area contributed by atoms with Crippen molar-refractivity contribution in [2.24, 2.45) is 5.92 Å². The molecule has 1 fully saturated rings. The third-order valence-corrected chi connectivity index (χ3v) is 3.33. The highest BCUT2D eigenvalue weighted by Gasteiger charge is 2.23. The molecule has 2 N–H and O–H groups in total. The summed E-state index contributed by atoms with van der Waals surface area (Å²) < 4.78 is 5.02. The van der Waals surface area contributed by atoms with E-state index < -0.39 is 17.7 Å². The van der Waals surface area contributed by atoms with Gasteiger partial charge in [0.15, 0.2) is 0 Å². The minimum absolute atomic E-state index is 0.0859. The van der Waals surface area contributed by atoms with Gasteiger partial charge >= 0.3 is 12.1 Å². The van der Waals surface area contributed by atoms with E-state index in [1.165, 1.54) is 19.3 Å². The minimum atomic E-state index is -0.708. The van der Waals surface area contributed by atoms with Crippen LogP contribution in [-0.2, 0) is 4.74 Å². The maximum atomic E-state index is 11.7. The Kier molecular flexibility index (Phi) is 5.63. The van der Waals surface area contributed by atoms with E-state index in [-0.39, 0.29) is 6.04 Å². The first kappa shape index (κ1) is 15.8. The predicted octanol–water partition coefficient (Wildman–Crippen LogP) is 3.19. The lowest BCUT2D eigenvalue weighted by molar-refractivity contribution is 0.0546. The Morgan fingerprint density at radius 2 is 1.74 bits per heavy atom. The highest BCUT2D eigenvalue weighted by molar-refractivity contribution is 5.90. The number of carbonyl (C=O) groups is 2. The molecule has 0 aliphatic heterocycles. The second-order valence-corrected chi connectivity index (χ2v) is 6.29. The van der Waals surface area contributed by atoms with Gasteiger partial charge in [0.25, 0.3) is 0 Å². The minimum Gasteiger partial charge on any atom is -0.443 e. The van der Waals surface area contributed by atoms with Gasteiger partial charge in [-0.05, 0) is 46.5 Å². The number of amides is 3. The molecule has 0 aromatic heterocycles. The molecule has 0 spiro atoms. The largest absolute Gasteiger partial charge is 0.443 e. The molecule has 0 aromatic rings. The molecule has 1 rings (SSSR count). The molecule has 5 heteroatoms. The summed E-state index contributed by atoms with van der Waals surface area (Å²) in [4.78, 5) is 23.1. The van der Waals surface area contributed by atoms with E-state index in [1.807, 2.05) is 6.92 Å². The normalized spacial score (nSPS) is 18.5. The lowest BCUT2D eigenvalue weighted by atomic mass is 9.85. The zero-order valence-electron chi connectivity index (χ0n) is 12.4. The fourth-order valence-electron chi connectivity index (χ4n) is 2.39. The number of urea groups is 1. The Bertz CT molecular complexity index is 317. The summed E-state index contributed by atoms with van der Waals surface area (Å²) in [5.41, 5.74) is -0.598. The first-order valence-corrected chi connectivity index (χ1v) is 7.08. The zero-order chi connectivity index (χ0) is 14.5. The molecular weight excluding hydrogens is 244 g/mol. The van der Waals surface area contributed by atoms with E-state index in [1.54, 1.807) is 20.8 Å². The summed E-state index contributed by atoms with van der Waals surface area (Å²) in [5.74, 6) is 0.512. The third-order valence-electron chi connectivity index (χ3n) is 3.33. The van der Waals surface area contributed by atoms with Crippen molar-refractivity contribution in [2.45, 2.75) is 71.4 Å². The zero-order valence-corrected chi connectivity index (χ0v) is 12.4. The molecule has 3 amide bonds. The van der Waals surface area contributed by atoms with Crippen LogP contribution in [0.5, 0.6) is 0 Å². The first-order valence-electron chi connectivity index (χ1n) is 7.08. The Hall–Kier alpha value is -1.26. The second-order valence-electron chi connectivity index (χ2n) is 6.29. The number of alkyl carbamates (subject to hydrolysis) is 1. The van der Waals surface area contributed by atoms with Crippen LogP contribution in [0.25, 0.3) is 0 Å². The molecule has 110 valence electrons. The maximum absolute atomic E-state index is 11.7. The topological polar surface area (TPSA) is 67.4 Å². The summed E-state index contributed by atoms with van der Waals surface area (Å²) in [7, 11) is 0. The monoisotopic (exact) mass is 270 g/mol. The van der Waals surface area contributed by atoms with Gasteiger partial charge in [-0.2, -0.15) is 0 Å². The lowest BCUT2D eigenvalue weighted by Gasteiger charge is -2.28. The second kappa shape index (κ2) is 6.78. The summed E-state index contributed by atoms with van der Waals surface area (Å²) in [5, 5.41) is 5.01. The van der Waals surface area contributed by atoms with E-state index in [0.717, 1.165) is 12.8 Å². The number of hydrogen-bond donors (Lipinski definition) is 2. The van der Waals surface area contributed by atoms with E-state index in [9.17, 15) is 9.59 Å². The molecule has 0 heterocycles. The van der Waals surface area contributed by atoms with Gasteiger partial charge in [-0.3, -0.25) is 0 Å². The smallest absolute Gasteiger partial charge is 0.415 e. The average Bonchev–Trinajstić information content (AvgIpc) is 2.27. The molecule has 1 aliphatic rings. The molecule has 0 aromatic carbocycles. The lowest BCUT2D eigenvalue weighted by Crippen LogP contribution is -2.47. The van der Waals surface area contributed by atoms with Crippen LogP contribution < -0.4 is 10.6 Å². The molecule has 0 saturated heterocycles. The Labute approximate surface area is 115 Å².